The molecule has 18 heavy (non-hydrogen) atoms. The standard InChI is InChI=1S/C15H21F2N/c1-2-9-18-15(12-3-4-12)8-6-11-5-7-13(16)10-14(11)17/h5,7,10,12,15,18H,2-4,6,8-9H2,1H3. The smallest absolute Gasteiger partial charge is 0.129 e. The van der Waals surface area contributed by atoms with Gasteiger partial charge in [-0.05, 0) is 56.2 Å². The molecule has 0 aromatic heterocycles. The molecular weight excluding hydrogens is 232 g/mol. The van der Waals surface area contributed by atoms with Gasteiger partial charge < -0.3 is 5.32 Å². The van der Waals surface area contributed by atoms with E-state index in [4.69, 9.17) is 0 Å². The minimum absolute atomic E-state index is 0.417. The second-order valence-corrected chi connectivity index (χ2v) is 5.17. The third-order valence-corrected chi connectivity index (χ3v) is 3.59. The van der Waals surface area contributed by atoms with Gasteiger partial charge in [-0.2, -0.15) is 0 Å². The van der Waals surface area contributed by atoms with Crippen molar-refractivity contribution in [3.8, 4) is 0 Å². The van der Waals surface area contributed by atoms with Crippen molar-refractivity contribution in [2.24, 2.45) is 5.92 Å². The van der Waals surface area contributed by atoms with Gasteiger partial charge in [0.15, 0.2) is 0 Å². The van der Waals surface area contributed by atoms with E-state index >= 15 is 0 Å². The van der Waals surface area contributed by atoms with Gasteiger partial charge in [-0.3, -0.25) is 0 Å². The lowest BCUT2D eigenvalue weighted by molar-refractivity contribution is 0.432. The molecule has 0 bridgehead atoms. The van der Waals surface area contributed by atoms with Crippen LogP contribution in [0.1, 0.15) is 38.2 Å². The highest BCUT2D eigenvalue weighted by molar-refractivity contribution is 5.18. The van der Waals surface area contributed by atoms with Crippen molar-refractivity contribution in [3.63, 3.8) is 0 Å². The summed E-state index contributed by atoms with van der Waals surface area (Å²) in [5.74, 6) is -0.154. The molecule has 1 aliphatic carbocycles. The molecule has 0 heterocycles. The average molecular weight is 253 g/mol. The third-order valence-electron chi connectivity index (χ3n) is 3.59. The summed E-state index contributed by atoms with van der Waals surface area (Å²) in [7, 11) is 0. The molecule has 1 atom stereocenters. The molecular formula is C15H21F2N. The van der Waals surface area contributed by atoms with Crippen molar-refractivity contribution in [1.82, 2.24) is 5.32 Å². The zero-order valence-corrected chi connectivity index (χ0v) is 10.9. The first-order chi connectivity index (χ1) is 8.70. The second kappa shape index (κ2) is 6.28. The summed E-state index contributed by atoms with van der Waals surface area (Å²) >= 11 is 0. The van der Waals surface area contributed by atoms with Crippen LogP contribution in [-0.2, 0) is 6.42 Å². The molecule has 0 spiro atoms. The first kappa shape index (κ1) is 13.5. The van der Waals surface area contributed by atoms with Crippen LogP contribution in [0.2, 0.25) is 0 Å². The van der Waals surface area contributed by atoms with E-state index in [0.717, 1.165) is 31.4 Å². The predicted molar refractivity (Wildman–Crippen MR) is 69.5 cm³/mol. The van der Waals surface area contributed by atoms with Crippen molar-refractivity contribution in [2.45, 2.75) is 45.1 Å². The maximum absolute atomic E-state index is 13.5. The quantitative estimate of drug-likeness (QED) is 0.781. The molecule has 1 unspecified atom stereocenters. The summed E-state index contributed by atoms with van der Waals surface area (Å²) in [6.45, 7) is 3.17. The molecule has 1 aromatic rings. The van der Waals surface area contributed by atoms with E-state index in [1.54, 1.807) is 6.07 Å². The summed E-state index contributed by atoms with van der Waals surface area (Å²) < 4.78 is 26.3. The fourth-order valence-electron chi connectivity index (χ4n) is 2.37. The van der Waals surface area contributed by atoms with Crippen molar-refractivity contribution >= 4 is 0 Å². The van der Waals surface area contributed by atoms with Crippen LogP contribution in [0.4, 0.5) is 8.78 Å². The molecule has 0 radical (unpaired) electrons. The Labute approximate surface area is 108 Å². The highest BCUT2D eigenvalue weighted by Gasteiger charge is 2.30. The lowest BCUT2D eigenvalue weighted by Crippen LogP contribution is -2.32. The van der Waals surface area contributed by atoms with E-state index in [9.17, 15) is 8.78 Å². The van der Waals surface area contributed by atoms with Gasteiger partial charge in [-0.1, -0.05) is 13.0 Å². The molecule has 1 aromatic carbocycles. The molecule has 1 N–H and O–H groups in total. The maximum Gasteiger partial charge on any atom is 0.129 e. The van der Waals surface area contributed by atoms with Crippen molar-refractivity contribution in [2.75, 3.05) is 6.54 Å². The van der Waals surface area contributed by atoms with E-state index in [2.05, 4.69) is 12.2 Å². The van der Waals surface area contributed by atoms with Crippen LogP contribution < -0.4 is 5.32 Å². The predicted octanol–water partition coefficient (Wildman–Crippen LogP) is 3.68. The van der Waals surface area contributed by atoms with Crippen molar-refractivity contribution in [3.05, 3.63) is 35.4 Å². The Morgan fingerprint density at radius 3 is 2.72 bits per heavy atom. The first-order valence-corrected chi connectivity index (χ1v) is 6.88. The van der Waals surface area contributed by atoms with Gasteiger partial charge >= 0.3 is 0 Å². The van der Waals surface area contributed by atoms with Crippen LogP contribution in [-0.4, -0.2) is 12.6 Å². The largest absolute Gasteiger partial charge is 0.314 e. The summed E-state index contributed by atoms with van der Waals surface area (Å²) in [6.07, 6.45) is 5.31. The summed E-state index contributed by atoms with van der Waals surface area (Å²) in [6, 6.07) is 4.37. The Balaban J connectivity index is 1.88. The molecule has 1 aliphatic rings. The monoisotopic (exact) mass is 253 g/mol. The van der Waals surface area contributed by atoms with E-state index < -0.39 is 11.6 Å². The average Bonchev–Trinajstić information content (AvgIpc) is 3.15. The summed E-state index contributed by atoms with van der Waals surface area (Å²) in [4.78, 5) is 0. The van der Waals surface area contributed by atoms with Crippen LogP contribution in [0.25, 0.3) is 0 Å². The zero-order chi connectivity index (χ0) is 13.0. The molecule has 1 saturated carbocycles. The second-order valence-electron chi connectivity index (χ2n) is 5.17. The Kier molecular flexibility index (Phi) is 4.70. The molecule has 3 heteroatoms. The van der Waals surface area contributed by atoms with Crippen LogP contribution in [0.5, 0.6) is 0 Å². The number of aryl methyl sites for hydroxylation is 1. The SMILES string of the molecule is CCCNC(CCc1ccc(F)cc1F)C1CC1. The lowest BCUT2D eigenvalue weighted by atomic mass is 10.0. The number of benzene rings is 1. The van der Waals surface area contributed by atoms with Crippen molar-refractivity contribution in [1.29, 1.82) is 0 Å². The Morgan fingerprint density at radius 1 is 1.33 bits per heavy atom. The van der Waals surface area contributed by atoms with Gasteiger partial charge in [-0.15, -0.1) is 0 Å². The highest BCUT2D eigenvalue weighted by atomic mass is 19.1. The van der Waals surface area contributed by atoms with Crippen LogP contribution >= 0.6 is 0 Å². The number of rotatable bonds is 7. The Hall–Kier alpha value is -0.960. The van der Waals surface area contributed by atoms with Gasteiger partial charge in [-0.25, -0.2) is 8.78 Å². The van der Waals surface area contributed by atoms with E-state index in [0.29, 0.717) is 18.0 Å². The minimum atomic E-state index is -0.501. The van der Waals surface area contributed by atoms with Gasteiger partial charge in [0.2, 0.25) is 0 Å². The Bertz CT molecular complexity index is 388. The van der Waals surface area contributed by atoms with E-state index in [1.807, 2.05) is 0 Å². The molecule has 1 nitrogen and oxygen atoms in total. The lowest BCUT2D eigenvalue weighted by Gasteiger charge is -2.18. The molecule has 1 fully saturated rings. The van der Waals surface area contributed by atoms with Gasteiger partial charge in [0.05, 0.1) is 0 Å². The molecule has 2 rings (SSSR count). The molecule has 100 valence electrons. The van der Waals surface area contributed by atoms with Crippen LogP contribution in [0, 0.1) is 17.6 Å². The fraction of sp³-hybridized carbons (Fsp3) is 0.600. The van der Waals surface area contributed by atoms with Crippen LogP contribution in [0.3, 0.4) is 0 Å². The van der Waals surface area contributed by atoms with Crippen molar-refractivity contribution < 1.29 is 8.78 Å². The van der Waals surface area contributed by atoms with Crippen LogP contribution in [0.15, 0.2) is 18.2 Å². The topological polar surface area (TPSA) is 12.0 Å². The first-order valence-electron chi connectivity index (χ1n) is 6.88. The maximum atomic E-state index is 13.5. The fourth-order valence-corrected chi connectivity index (χ4v) is 2.37. The normalized spacial score (nSPS) is 16.8. The number of nitrogens with one attached hydrogen (secondary N) is 1. The Morgan fingerprint density at radius 2 is 2.11 bits per heavy atom. The number of hydrogen-bond acceptors (Lipinski definition) is 1. The molecule has 0 saturated heterocycles. The zero-order valence-electron chi connectivity index (χ0n) is 10.9. The minimum Gasteiger partial charge on any atom is -0.314 e. The van der Waals surface area contributed by atoms with Gasteiger partial charge in [0.25, 0.3) is 0 Å². The molecule has 0 aliphatic heterocycles. The van der Waals surface area contributed by atoms with Gasteiger partial charge in [0, 0.05) is 12.1 Å². The molecule has 0 amide bonds. The summed E-state index contributed by atoms with van der Waals surface area (Å²) in [5, 5.41) is 3.54. The van der Waals surface area contributed by atoms with E-state index in [-0.39, 0.29) is 0 Å². The third kappa shape index (κ3) is 3.77. The van der Waals surface area contributed by atoms with E-state index in [1.165, 1.54) is 18.9 Å². The number of halogens is 2. The highest BCUT2D eigenvalue weighted by Crippen LogP contribution is 2.34. The number of hydrogen-bond donors (Lipinski definition) is 1. The van der Waals surface area contributed by atoms with Gasteiger partial charge in [0.1, 0.15) is 11.6 Å². The summed E-state index contributed by atoms with van der Waals surface area (Å²) in [5.41, 5.74) is 0.625.